The Hall–Kier alpha value is -3.73. The molecule has 1 aromatic carbocycles. The van der Waals surface area contributed by atoms with E-state index in [-0.39, 0.29) is 16.1 Å². The standard InChI is InChI=1S/C26H18Cl2FN5O/c1-2-15-12-30-8-7-18(15)19-10-21(27)20(11-23(19)29)26(35)32-17-9-22(28)25(31-13-17)34-14-16-5-3-4-6-24(16)33-34/h1,7-14H,3-6H2,(H,32,35). The first kappa shape index (κ1) is 23.0. The monoisotopic (exact) mass is 505 g/mol. The highest BCUT2D eigenvalue weighted by Crippen LogP contribution is 2.31. The van der Waals surface area contributed by atoms with E-state index in [1.807, 2.05) is 6.20 Å². The van der Waals surface area contributed by atoms with Crippen molar-refractivity contribution >= 4 is 34.8 Å². The van der Waals surface area contributed by atoms with Gasteiger partial charge in [-0.25, -0.2) is 14.1 Å². The van der Waals surface area contributed by atoms with Crippen molar-refractivity contribution in [2.24, 2.45) is 0 Å². The molecule has 0 fully saturated rings. The van der Waals surface area contributed by atoms with Crippen LogP contribution in [0.15, 0.2) is 49.1 Å². The van der Waals surface area contributed by atoms with E-state index in [1.165, 1.54) is 30.2 Å². The molecule has 5 rings (SSSR count). The van der Waals surface area contributed by atoms with Gasteiger partial charge in [0, 0.05) is 29.7 Å². The second kappa shape index (κ2) is 9.49. The lowest BCUT2D eigenvalue weighted by atomic mass is 9.99. The number of benzene rings is 1. The molecule has 0 saturated carbocycles. The van der Waals surface area contributed by atoms with E-state index in [0.717, 1.165) is 37.4 Å². The zero-order valence-corrected chi connectivity index (χ0v) is 19.9. The third-order valence-electron chi connectivity index (χ3n) is 5.85. The molecular formula is C26H18Cl2FN5O. The van der Waals surface area contributed by atoms with Crippen LogP contribution in [0.5, 0.6) is 0 Å². The van der Waals surface area contributed by atoms with Gasteiger partial charge < -0.3 is 5.32 Å². The molecular weight excluding hydrogens is 488 g/mol. The van der Waals surface area contributed by atoms with Crippen LogP contribution in [0.4, 0.5) is 10.1 Å². The second-order valence-electron chi connectivity index (χ2n) is 8.11. The van der Waals surface area contributed by atoms with Gasteiger partial charge in [0.15, 0.2) is 5.82 Å². The maximum atomic E-state index is 15.0. The maximum absolute atomic E-state index is 15.0. The first-order valence-corrected chi connectivity index (χ1v) is 11.6. The van der Waals surface area contributed by atoms with Crippen molar-refractivity contribution in [3.8, 4) is 29.3 Å². The third-order valence-corrected chi connectivity index (χ3v) is 6.44. The number of carbonyl (C=O) groups excluding carboxylic acids is 1. The zero-order chi connectivity index (χ0) is 24.5. The normalized spacial score (nSPS) is 12.6. The molecule has 3 heterocycles. The van der Waals surface area contributed by atoms with Crippen molar-refractivity contribution in [3.05, 3.63) is 87.3 Å². The van der Waals surface area contributed by atoms with Crippen LogP contribution in [-0.4, -0.2) is 25.7 Å². The Labute approximate surface area is 211 Å². The molecule has 0 bridgehead atoms. The summed E-state index contributed by atoms with van der Waals surface area (Å²) < 4.78 is 16.6. The van der Waals surface area contributed by atoms with Crippen LogP contribution in [0.1, 0.15) is 40.0 Å². The number of terminal acetylenes is 1. The quantitative estimate of drug-likeness (QED) is 0.351. The number of nitrogens with one attached hydrogen (secondary N) is 1. The number of hydrogen-bond donors (Lipinski definition) is 1. The molecule has 9 heteroatoms. The van der Waals surface area contributed by atoms with Gasteiger partial charge >= 0.3 is 0 Å². The molecule has 174 valence electrons. The number of nitrogens with zero attached hydrogens (tertiary/aromatic N) is 4. The molecule has 0 atom stereocenters. The Balaban J connectivity index is 1.39. The van der Waals surface area contributed by atoms with Crippen molar-refractivity contribution in [2.45, 2.75) is 25.7 Å². The van der Waals surface area contributed by atoms with E-state index in [0.29, 0.717) is 27.7 Å². The first-order chi connectivity index (χ1) is 16.9. The fraction of sp³-hybridized carbons (Fsp3) is 0.154. The highest BCUT2D eigenvalue weighted by Gasteiger charge is 2.19. The number of aryl methyl sites for hydroxylation is 2. The summed E-state index contributed by atoms with van der Waals surface area (Å²) in [4.78, 5) is 21.2. The smallest absolute Gasteiger partial charge is 0.257 e. The number of hydrogen-bond acceptors (Lipinski definition) is 4. The molecule has 0 radical (unpaired) electrons. The van der Waals surface area contributed by atoms with Crippen molar-refractivity contribution in [1.82, 2.24) is 19.7 Å². The maximum Gasteiger partial charge on any atom is 0.257 e. The first-order valence-electron chi connectivity index (χ1n) is 10.9. The Kier molecular flexibility index (Phi) is 6.25. The van der Waals surface area contributed by atoms with Crippen LogP contribution in [0.3, 0.4) is 0 Å². The number of pyridine rings is 2. The molecule has 3 aromatic heterocycles. The number of rotatable bonds is 4. The largest absolute Gasteiger partial charge is 0.320 e. The van der Waals surface area contributed by atoms with Gasteiger partial charge in [0.25, 0.3) is 5.91 Å². The summed E-state index contributed by atoms with van der Waals surface area (Å²) in [5.74, 6) is 1.69. The number of aromatic nitrogens is 4. The second-order valence-corrected chi connectivity index (χ2v) is 8.93. The number of amides is 1. The van der Waals surface area contributed by atoms with Gasteiger partial charge in [-0.05, 0) is 55.5 Å². The van der Waals surface area contributed by atoms with E-state index in [2.05, 4.69) is 26.3 Å². The van der Waals surface area contributed by atoms with E-state index >= 15 is 0 Å². The Morgan fingerprint density at radius 3 is 2.71 bits per heavy atom. The van der Waals surface area contributed by atoms with Crippen LogP contribution in [0, 0.1) is 18.2 Å². The van der Waals surface area contributed by atoms with E-state index in [9.17, 15) is 9.18 Å². The van der Waals surface area contributed by atoms with Gasteiger partial charge in [-0.2, -0.15) is 5.10 Å². The summed E-state index contributed by atoms with van der Waals surface area (Å²) in [6, 6.07) is 5.60. The third kappa shape index (κ3) is 4.51. The van der Waals surface area contributed by atoms with Crippen LogP contribution in [0.2, 0.25) is 10.0 Å². The van der Waals surface area contributed by atoms with Gasteiger partial charge in [-0.15, -0.1) is 6.42 Å². The molecule has 1 N–H and O–H groups in total. The molecule has 0 aliphatic heterocycles. The number of fused-ring (bicyclic) bond motifs is 1. The molecule has 1 aliphatic rings. The summed E-state index contributed by atoms with van der Waals surface area (Å²) in [7, 11) is 0. The van der Waals surface area contributed by atoms with Crippen LogP contribution in [-0.2, 0) is 12.8 Å². The molecule has 1 aliphatic carbocycles. The van der Waals surface area contributed by atoms with E-state index in [1.54, 1.807) is 16.8 Å². The molecule has 0 unspecified atom stereocenters. The summed E-state index contributed by atoms with van der Waals surface area (Å²) >= 11 is 12.8. The number of carbonyl (C=O) groups is 1. The Morgan fingerprint density at radius 1 is 1.11 bits per heavy atom. The Bertz CT molecular complexity index is 1480. The molecule has 4 aromatic rings. The van der Waals surface area contributed by atoms with Crippen LogP contribution >= 0.6 is 23.2 Å². The predicted octanol–water partition coefficient (Wildman–Crippen LogP) is 5.89. The fourth-order valence-corrected chi connectivity index (χ4v) is 4.62. The lowest BCUT2D eigenvalue weighted by molar-refractivity contribution is 0.102. The average molecular weight is 506 g/mol. The summed E-state index contributed by atoms with van der Waals surface area (Å²) in [6.45, 7) is 0. The molecule has 6 nitrogen and oxygen atoms in total. The van der Waals surface area contributed by atoms with Gasteiger partial charge in [0.05, 0.1) is 38.8 Å². The summed E-state index contributed by atoms with van der Waals surface area (Å²) in [5.41, 5.74) is 3.62. The fourth-order valence-electron chi connectivity index (χ4n) is 4.12. The number of halogens is 3. The number of anilines is 1. The predicted molar refractivity (Wildman–Crippen MR) is 134 cm³/mol. The Morgan fingerprint density at radius 2 is 1.94 bits per heavy atom. The summed E-state index contributed by atoms with van der Waals surface area (Å²) in [5, 5.41) is 7.64. The minimum atomic E-state index is -0.642. The van der Waals surface area contributed by atoms with E-state index in [4.69, 9.17) is 29.6 Å². The van der Waals surface area contributed by atoms with Crippen LogP contribution < -0.4 is 5.32 Å². The topological polar surface area (TPSA) is 72.7 Å². The van der Waals surface area contributed by atoms with Crippen molar-refractivity contribution < 1.29 is 9.18 Å². The molecule has 1 amide bonds. The molecule has 0 saturated heterocycles. The van der Waals surface area contributed by atoms with Gasteiger partial charge in [0.2, 0.25) is 0 Å². The van der Waals surface area contributed by atoms with Gasteiger partial charge in [-0.3, -0.25) is 9.78 Å². The SMILES string of the molecule is C#Cc1cnccc1-c1cc(Cl)c(C(=O)Nc2cnc(-n3cc4c(n3)CCCC4)c(Cl)c2)cc1F. The minimum Gasteiger partial charge on any atom is -0.320 e. The highest BCUT2D eigenvalue weighted by molar-refractivity contribution is 6.35. The summed E-state index contributed by atoms with van der Waals surface area (Å²) in [6.07, 6.45) is 16.1. The molecule has 0 spiro atoms. The van der Waals surface area contributed by atoms with Crippen molar-refractivity contribution in [1.29, 1.82) is 0 Å². The van der Waals surface area contributed by atoms with E-state index < -0.39 is 11.7 Å². The minimum absolute atomic E-state index is 0.0378. The molecule has 35 heavy (non-hydrogen) atoms. The highest BCUT2D eigenvalue weighted by atomic mass is 35.5. The van der Waals surface area contributed by atoms with Crippen molar-refractivity contribution in [2.75, 3.05) is 5.32 Å². The van der Waals surface area contributed by atoms with Gasteiger partial charge in [0.1, 0.15) is 5.82 Å². The van der Waals surface area contributed by atoms with Gasteiger partial charge in [-0.1, -0.05) is 29.1 Å². The lowest BCUT2D eigenvalue weighted by Gasteiger charge is -2.12. The zero-order valence-electron chi connectivity index (χ0n) is 18.4. The van der Waals surface area contributed by atoms with Crippen molar-refractivity contribution in [3.63, 3.8) is 0 Å². The lowest BCUT2D eigenvalue weighted by Crippen LogP contribution is -2.14. The van der Waals surface area contributed by atoms with Crippen LogP contribution in [0.25, 0.3) is 16.9 Å². The average Bonchev–Trinajstić information content (AvgIpc) is 3.29.